The van der Waals surface area contributed by atoms with Crippen LogP contribution in [0.4, 0.5) is 0 Å². The molecule has 1 fully saturated rings. The summed E-state index contributed by atoms with van der Waals surface area (Å²) in [7, 11) is 2.01. The summed E-state index contributed by atoms with van der Waals surface area (Å²) in [5, 5.41) is 19.8. The summed E-state index contributed by atoms with van der Waals surface area (Å²) in [6.45, 7) is 2.87. The number of aromatic nitrogens is 2. The van der Waals surface area contributed by atoms with Crippen LogP contribution < -0.4 is 0 Å². The minimum atomic E-state index is -0.791. The second kappa shape index (κ2) is 7.90. The van der Waals surface area contributed by atoms with E-state index in [-0.39, 0.29) is 12.5 Å². The van der Waals surface area contributed by atoms with Crippen molar-refractivity contribution in [3.05, 3.63) is 54.1 Å². The van der Waals surface area contributed by atoms with Gasteiger partial charge in [0.1, 0.15) is 6.10 Å². The van der Waals surface area contributed by atoms with Crippen molar-refractivity contribution in [3.8, 4) is 0 Å². The van der Waals surface area contributed by atoms with Gasteiger partial charge in [-0.1, -0.05) is 30.3 Å². The van der Waals surface area contributed by atoms with Crippen molar-refractivity contribution in [2.45, 2.75) is 25.3 Å². The Morgan fingerprint density at radius 3 is 2.83 bits per heavy atom. The number of benzene rings is 1. The average molecular weight is 331 g/mol. The van der Waals surface area contributed by atoms with Crippen molar-refractivity contribution in [2.75, 3.05) is 26.8 Å². The van der Waals surface area contributed by atoms with Crippen LogP contribution in [0.2, 0.25) is 0 Å². The molecule has 0 radical (unpaired) electrons. The van der Waals surface area contributed by atoms with Crippen LogP contribution in [-0.2, 0) is 17.8 Å². The Kier molecular flexibility index (Phi) is 5.63. The Morgan fingerprint density at radius 1 is 1.25 bits per heavy atom. The number of hydrogen-bond acceptors (Lipinski definition) is 5. The van der Waals surface area contributed by atoms with Gasteiger partial charge in [-0.3, -0.25) is 0 Å². The van der Waals surface area contributed by atoms with Crippen molar-refractivity contribution in [1.82, 2.24) is 14.5 Å². The van der Waals surface area contributed by atoms with Gasteiger partial charge in [-0.05, 0) is 12.6 Å². The van der Waals surface area contributed by atoms with E-state index >= 15 is 0 Å². The molecule has 2 aromatic rings. The van der Waals surface area contributed by atoms with Gasteiger partial charge in [-0.2, -0.15) is 0 Å². The van der Waals surface area contributed by atoms with E-state index in [2.05, 4.69) is 26.6 Å². The lowest BCUT2D eigenvalue weighted by molar-refractivity contribution is -0.125. The van der Waals surface area contributed by atoms with Crippen molar-refractivity contribution in [3.63, 3.8) is 0 Å². The maximum atomic E-state index is 10.1. The molecule has 1 saturated heterocycles. The lowest BCUT2D eigenvalue weighted by atomic mass is 9.96. The number of ether oxygens (including phenoxy) is 1. The molecule has 0 saturated carbocycles. The minimum Gasteiger partial charge on any atom is -0.390 e. The summed E-state index contributed by atoms with van der Waals surface area (Å²) in [6.07, 6.45) is 2.21. The molecule has 1 aromatic carbocycles. The predicted molar refractivity (Wildman–Crippen MR) is 90.4 cm³/mol. The van der Waals surface area contributed by atoms with E-state index in [0.717, 1.165) is 18.8 Å². The second-order valence-corrected chi connectivity index (χ2v) is 6.55. The zero-order valence-electron chi connectivity index (χ0n) is 14.0. The molecule has 0 unspecified atom stereocenters. The highest BCUT2D eigenvalue weighted by Crippen LogP contribution is 2.17. The molecule has 2 heterocycles. The Hall–Kier alpha value is -1.73. The van der Waals surface area contributed by atoms with Crippen LogP contribution in [0.3, 0.4) is 0 Å². The molecule has 6 heteroatoms. The van der Waals surface area contributed by atoms with Crippen LogP contribution >= 0.6 is 0 Å². The lowest BCUT2D eigenvalue weighted by Gasteiger charge is -2.34. The summed E-state index contributed by atoms with van der Waals surface area (Å²) in [4.78, 5) is 6.40. The summed E-state index contributed by atoms with van der Waals surface area (Å²) >= 11 is 0. The van der Waals surface area contributed by atoms with Gasteiger partial charge in [0, 0.05) is 31.7 Å². The quantitative estimate of drug-likeness (QED) is 0.817. The van der Waals surface area contributed by atoms with Crippen LogP contribution in [0, 0.1) is 5.92 Å². The fraction of sp³-hybridized carbons (Fsp3) is 0.500. The first-order chi connectivity index (χ1) is 11.6. The summed E-state index contributed by atoms with van der Waals surface area (Å²) < 4.78 is 7.48. The maximum Gasteiger partial charge on any atom is 0.104 e. The smallest absolute Gasteiger partial charge is 0.104 e. The molecule has 2 N–H and O–H groups in total. The Morgan fingerprint density at radius 2 is 2.04 bits per heavy atom. The molecular formula is C18H25N3O3. The minimum absolute atomic E-state index is 0.0794. The molecule has 3 rings (SSSR count). The first-order valence-corrected chi connectivity index (χ1v) is 8.29. The van der Waals surface area contributed by atoms with Crippen LogP contribution in [-0.4, -0.2) is 63.7 Å². The van der Waals surface area contributed by atoms with Crippen molar-refractivity contribution < 1.29 is 14.9 Å². The number of hydrogen-bond donors (Lipinski definition) is 2. The van der Waals surface area contributed by atoms with Gasteiger partial charge in [-0.15, -0.1) is 0 Å². The topological polar surface area (TPSA) is 70.8 Å². The van der Waals surface area contributed by atoms with E-state index in [1.807, 2.05) is 37.8 Å². The fourth-order valence-electron chi connectivity index (χ4n) is 3.16. The summed E-state index contributed by atoms with van der Waals surface area (Å²) in [5.41, 5.74) is 2.35. The van der Waals surface area contributed by atoms with Gasteiger partial charge >= 0.3 is 0 Å². The molecule has 6 nitrogen and oxygen atoms in total. The number of aliphatic hydroxyl groups excluding tert-OH is 2. The highest BCUT2D eigenvalue weighted by molar-refractivity contribution is 5.16. The molecule has 1 aromatic heterocycles. The largest absolute Gasteiger partial charge is 0.390 e. The Bertz CT molecular complexity index is 631. The van der Waals surface area contributed by atoms with E-state index in [1.165, 1.54) is 5.56 Å². The first kappa shape index (κ1) is 17.1. The molecule has 24 heavy (non-hydrogen) atoms. The molecule has 0 amide bonds. The monoisotopic (exact) mass is 331 g/mol. The van der Waals surface area contributed by atoms with Crippen molar-refractivity contribution in [1.29, 1.82) is 0 Å². The predicted octanol–water partition coefficient (Wildman–Crippen LogP) is 0.731. The van der Waals surface area contributed by atoms with Gasteiger partial charge in [0.05, 0.1) is 31.3 Å². The second-order valence-electron chi connectivity index (χ2n) is 6.55. The van der Waals surface area contributed by atoms with Gasteiger partial charge in [0.2, 0.25) is 0 Å². The van der Waals surface area contributed by atoms with Gasteiger partial charge in [0.15, 0.2) is 0 Å². The number of imidazole rings is 1. The van der Waals surface area contributed by atoms with Gasteiger partial charge < -0.3 is 24.4 Å². The Balaban J connectivity index is 1.59. The number of aliphatic hydroxyl groups is 2. The lowest BCUT2D eigenvalue weighted by Crippen LogP contribution is -2.48. The van der Waals surface area contributed by atoms with E-state index in [4.69, 9.17) is 4.74 Å². The highest BCUT2D eigenvalue weighted by atomic mass is 16.5. The van der Waals surface area contributed by atoms with Gasteiger partial charge in [-0.25, -0.2) is 4.98 Å². The third-order valence-corrected chi connectivity index (χ3v) is 4.47. The van der Waals surface area contributed by atoms with Crippen molar-refractivity contribution >= 4 is 0 Å². The van der Waals surface area contributed by atoms with E-state index in [1.54, 1.807) is 0 Å². The van der Waals surface area contributed by atoms with Crippen LogP contribution in [0.15, 0.2) is 42.9 Å². The van der Waals surface area contributed by atoms with Crippen LogP contribution in [0.25, 0.3) is 0 Å². The van der Waals surface area contributed by atoms with E-state index in [0.29, 0.717) is 13.2 Å². The highest BCUT2D eigenvalue weighted by Gasteiger charge is 2.31. The SMILES string of the molecule is CN(Cc1cncn1Cc1ccccc1)C[C@@H]1COC[C@@H](O)[C@H]1O. The normalized spacial score (nSPS) is 24.4. The molecule has 0 spiro atoms. The first-order valence-electron chi connectivity index (χ1n) is 8.29. The zero-order valence-corrected chi connectivity index (χ0v) is 14.0. The Labute approximate surface area is 142 Å². The fourth-order valence-corrected chi connectivity index (χ4v) is 3.16. The molecular weight excluding hydrogens is 306 g/mol. The summed E-state index contributed by atoms with van der Waals surface area (Å²) in [6, 6.07) is 10.3. The zero-order chi connectivity index (χ0) is 16.9. The van der Waals surface area contributed by atoms with E-state index in [9.17, 15) is 10.2 Å². The van der Waals surface area contributed by atoms with Crippen LogP contribution in [0.5, 0.6) is 0 Å². The third-order valence-electron chi connectivity index (χ3n) is 4.47. The molecule has 3 atom stereocenters. The third kappa shape index (κ3) is 4.21. The van der Waals surface area contributed by atoms with Crippen LogP contribution in [0.1, 0.15) is 11.3 Å². The molecule has 0 aliphatic carbocycles. The standard InChI is InChI=1S/C18H25N3O3/c1-20(9-15-11-24-12-17(22)18(15)23)10-16-7-19-13-21(16)8-14-5-3-2-4-6-14/h2-7,13,15,17-18,22-23H,8-12H2,1H3/t15-,17-,18+/m1/s1. The van der Waals surface area contributed by atoms with Gasteiger partial charge in [0.25, 0.3) is 0 Å². The molecule has 130 valence electrons. The average Bonchev–Trinajstić information content (AvgIpc) is 2.99. The number of rotatable bonds is 6. The molecule has 1 aliphatic rings. The molecule has 1 aliphatic heterocycles. The summed E-state index contributed by atoms with van der Waals surface area (Å²) in [5.74, 6) is -0.0794. The van der Waals surface area contributed by atoms with E-state index < -0.39 is 12.2 Å². The number of nitrogens with zero attached hydrogens (tertiary/aromatic N) is 3. The molecule has 0 bridgehead atoms. The maximum absolute atomic E-state index is 10.1. The van der Waals surface area contributed by atoms with Crippen molar-refractivity contribution in [2.24, 2.45) is 5.92 Å².